The largest absolute Gasteiger partial charge is 0.444 e. The Labute approximate surface area is 151 Å². The van der Waals surface area contributed by atoms with Crippen LogP contribution in [0.2, 0.25) is 0 Å². The fourth-order valence-electron chi connectivity index (χ4n) is 2.95. The van der Waals surface area contributed by atoms with Crippen LogP contribution in [0.15, 0.2) is 15.9 Å². The highest BCUT2D eigenvalue weighted by Crippen LogP contribution is 2.28. The summed E-state index contributed by atoms with van der Waals surface area (Å²) in [5, 5.41) is 6.56. The Morgan fingerprint density at radius 2 is 2.09 bits per heavy atom. The summed E-state index contributed by atoms with van der Waals surface area (Å²) >= 11 is 5.25. The monoisotopic (exact) mass is 402 g/mol. The summed E-state index contributed by atoms with van der Waals surface area (Å²) in [4.78, 5) is 13.2. The quantitative estimate of drug-likeness (QED) is 0.725. The molecule has 0 saturated heterocycles. The van der Waals surface area contributed by atoms with E-state index >= 15 is 0 Å². The van der Waals surface area contributed by atoms with Gasteiger partial charge in [-0.25, -0.2) is 4.79 Å². The molecule has 23 heavy (non-hydrogen) atoms. The fraction of sp³-hybridized carbons (Fsp3) is 0.706. The van der Waals surface area contributed by atoms with Crippen molar-refractivity contribution in [2.45, 2.75) is 64.6 Å². The molecular formula is C17H27BrN2O2S. The summed E-state index contributed by atoms with van der Waals surface area (Å²) in [5.41, 5.74) is -0.455. The van der Waals surface area contributed by atoms with E-state index in [9.17, 15) is 4.79 Å². The summed E-state index contributed by atoms with van der Waals surface area (Å²) < 4.78 is 6.49. The molecule has 1 aliphatic carbocycles. The molecule has 1 amide bonds. The lowest BCUT2D eigenvalue weighted by Crippen LogP contribution is -2.45. The first-order chi connectivity index (χ1) is 10.8. The van der Waals surface area contributed by atoms with Crippen molar-refractivity contribution < 1.29 is 9.53 Å². The Kier molecular flexibility index (Phi) is 6.92. The third-order valence-electron chi connectivity index (χ3n) is 4.00. The molecule has 2 N–H and O–H groups in total. The Morgan fingerprint density at radius 3 is 2.65 bits per heavy atom. The average molecular weight is 403 g/mol. The average Bonchev–Trinajstić information content (AvgIpc) is 3.08. The lowest BCUT2D eigenvalue weighted by Gasteiger charge is -2.26. The number of ether oxygens (including phenoxy) is 1. The predicted octanol–water partition coefficient (Wildman–Crippen LogP) is 4.68. The minimum atomic E-state index is -0.455. The zero-order chi connectivity index (χ0) is 16.9. The molecular weight excluding hydrogens is 376 g/mol. The van der Waals surface area contributed by atoms with E-state index in [1.807, 2.05) is 20.8 Å². The van der Waals surface area contributed by atoms with Gasteiger partial charge in [-0.05, 0) is 67.6 Å². The van der Waals surface area contributed by atoms with Crippen LogP contribution < -0.4 is 10.6 Å². The maximum atomic E-state index is 11.9. The summed E-state index contributed by atoms with van der Waals surface area (Å²) in [6, 6.07) is 4.51. The molecule has 6 heteroatoms. The van der Waals surface area contributed by atoms with Crippen molar-refractivity contribution in [3.8, 4) is 0 Å². The van der Waals surface area contributed by atoms with Crippen molar-refractivity contribution in [1.29, 1.82) is 0 Å². The number of hydrogen-bond donors (Lipinski definition) is 2. The number of carbonyl (C=O) groups excluding carboxylic acids is 1. The van der Waals surface area contributed by atoms with Crippen LogP contribution in [0.5, 0.6) is 0 Å². The van der Waals surface area contributed by atoms with Crippen molar-refractivity contribution in [2.75, 3.05) is 6.54 Å². The first-order valence-electron chi connectivity index (χ1n) is 8.28. The molecule has 4 nitrogen and oxygen atoms in total. The van der Waals surface area contributed by atoms with Gasteiger partial charge in [-0.3, -0.25) is 0 Å². The molecule has 1 aliphatic rings. The van der Waals surface area contributed by atoms with Crippen molar-refractivity contribution in [1.82, 2.24) is 10.6 Å². The molecule has 0 bridgehead atoms. The van der Waals surface area contributed by atoms with Gasteiger partial charge in [0.25, 0.3) is 0 Å². The number of carbonyl (C=O) groups is 1. The highest BCUT2D eigenvalue weighted by molar-refractivity contribution is 9.11. The standard InChI is InChI=1S/C17H27BrN2O2S/c1-17(2,3)22-16(21)20-11-14(12-6-4-5-7-12)19-10-13-8-9-15(18)23-13/h8-9,12,14,19H,4-7,10-11H2,1-3H3,(H,20,21). The zero-order valence-corrected chi connectivity index (χ0v) is 16.6. The number of nitrogens with one attached hydrogen (secondary N) is 2. The molecule has 2 rings (SSSR count). The number of hydrogen-bond acceptors (Lipinski definition) is 4. The Morgan fingerprint density at radius 1 is 1.39 bits per heavy atom. The third kappa shape index (κ3) is 6.81. The maximum absolute atomic E-state index is 11.9. The highest BCUT2D eigenvalue weighted by Gasteiger charge is 2.26. The molecule has 0 aliphatic heterocycles. The molecule has 1 unspecified atom stereocenters. The van der Waals surface area contributed by atoms with Crippen LogP contribution in [0, 0.1) is 5.92 Å². The van der Waals surface area contributed by atoms with Gasteiger partial charge in [-0.2, -0.15) is 0 Å². The first kappa shape index (κ1) is 18.7. The molecule has 1 heterocycles. The Hall–Kier alpha value is -0.590. The van der Waals surface area contributed by atoms with Crippen LogP contribution >= 0.6 is 27.3 Å². The minimum Gasteiger partial charge on any atom is -0.444 e. The van der Waals surface area contributed by atoms with Crippen molar-refractivity contribution in [3.63, 3.8) is 0 Å². The molecule has 1 saturated carbocycles. The molecule has 0 radical (unpaired) electrons. The van der Waals surface area contributed by atoms with Gasteiger partial charge in [-0.15, -0.1) is 11.3 Å². The molecule has 1 fully saturated rings. The normalized spacial score (nSPS) is 17.2. The van der Waals surface area contributed by atoms with E-state index in [-0.39, 0.29) is 6.09 Å². The summed E-state index contributed by atoms with van der Waals surface area (Å²) in [5.74, 6) is 0.633. The van der Waals surface area contributed by atoms with E-state index in [4.69, 9.17) is 4.74 Å². The van der Waals surface area contributed by atoms with Gasteiger partial charge in [0, 0.05) is 24.0 Å². The summed E-state index contributed by atoms with van der Waals surface area (Å²) in [6.45, 7) is 7.11. The van der Waals surface area contributed by atoms with Gasteiger partial charge < -0.3 is 15.4 Å². The lowest BCUT2D eigenvalue weighted by molar-refractivity contribution is 0.0518. The van der Waals surface area contributed by atoms with Gasteiger partial charge in [0.15, 0.2) is 0 Å². The second-order valence-corrected chi connectivity index (χ2v) is 9.67. The first-order valence-corrected chi connectivity index (χ1v) is 9.89. The van der Waals surface area contributed by atoms with Crippen LogP contribution in [0.4, 0.5) is 4.79 Å². The molecule has 1 aromatic rings. The SMILES string of the molecule is CC(C)(C)OC(=O)NCC(NCc1ccc(Br)s1)C1CCCC1. The Balaban J connectivity index is 1.85. The van der Waals surface area contributed by atoms with Gasteiger partial charge in [0.1, 0.15) is 5.60 Å². The van der Waals surface area contributed by atoms with Gasteiger partial charge in [0.2, 0.25) is 0 Å². The smallest absolute Gasteiger partial charge is 0.407 e. The van der Waals surface area contributed by atoms with Crippen LogP contribution in [-0.4, -0.2) is 24.3 Å². The van der Waals surface area contributed by atoms with Crippen LogP contribution in [-0.2, 0) is 11.3 Å². The van der Waals surface area contributed by atoms with Crippen molar-refractivity contribution >= 4 is 33.4 Å². The van der Waals surface area contributed by atoms with E-state index in [1.54, 1.807) is 11.3 Å². The van der Waals surface area contributed by atoms with E-state index in [1.165, 1.54) is 30.6 Å². The van der Waals surface area contributed by atoms with E-state index in [0.29, 0.717) is 18.5 Å². The maximum Gasteiger partial charge on any atom is 0.407 e. The van der Waals surface area contributed by atoms with Gasteiger partial charge in [-0.1, -0.05) is 12.8 Å². The third-order valence-corrected chi connectivity index (χ3v) is 5.63. The molecule has 1 atom stereocenters. The lowest BCUT2D eigenvalue weighted by atomic mass is 9.98. The Bertz CT molecular complexity index is 507. The summed E-state index contributed by atoms with van der Waals surface area (Å²) in [6.07, 6.45) is 4.73. The second kappa shape index (κ2) is 8.49. The summed E-state index contributed by atoms with van der Waals surface area (Å²) in [7, 11) is 0. The molecule has 130 valence electrons. The van der Waals surface area contributed by atoms with Gasteiger partial charge >= 0.3 is 6.09 Å². The van der Waals surface area contributed by atoms with Crippen LogP contribution in [0.3, 0.4) is 0 Å². The number of alkyl carbamates (subject to hydrolysis) is 1. The minimum absolute atomic E-state index is 0.297. The van der Waals surface area contributed by atoms with Crippen LogP contribution in [0.1, 0.15) is 51.3 Å². The molecule has 0 spiro atoms. The van der Waals surface area contributed by atoms with Crippen LogP contribution in [0.25, 0.3) is 0 Å². The molecule has 1 aromatic heterocycles. The van der Waals surface area contributed by atoms with Crippen molar-refractivity contribution in [3.05, 3.63) is 20.8 Å². The number of rotatable bonds is 6. The van der Waals surface area contributed by atoms with E-state index < -0.39 is 5.60 Å². The molecule has 0 aromatic carbocycles. The highest BCUT2D eigenvalue weighted by atomic mass is 79.9. The fourth-order valence-corrected chi connectivity index (χ4v) is 4.39. The topological polar surface area (TPSA) is 50.4 Å². The number of amides is 1. The van der Waals surface area contributed by atoms with E-state index in [0.717, 1.165) is 10.3 Å². The van der Waals surface area contributed by atoms with Crippen molar-refractivity contribution in [2.24, 2.45) is 5.92 Å². The predicted molar refractivity (Wildman–Crippen MR) is 98.8 cm³/mol. The number of thiophene rings is 1. The number of halogens is 1. The van der Waals surface area contributed by atoms with E-state index in [2.05, 4.69) is 38.7 Å². The zero-order valence-electron chi connectivity index (χ0n) is 14.2. The second-order valence-electron chi connectivity index (χ2n) is 7.12. The van der Waals surface area contributed by atoms with Gasteiger partial charge in [0.05, 0.1) is 3.79 Å².